The average molecular weight is 260 g/mol. The van der Waals surface area contributed by atoms with Crippen molar-refractivity contribution in [1.29, 1.82) is 0 Å². The number of nitrogens with one attached hydrogen (secondary N) is 2. The number of hydrogen-bond acceptors (Lipinski definition) is 3. The van der Waals surface area contributed by atoms with E-state index in [2.05, 4.69) is 10.6 Å². The Morgan fingerprint density at radius 2 is 2.21 bits per heavy atom. The van der Waals surface area contributed by atoms with E-state index in [9.17, 15) is 4.79 Å². The lowest BCUT2D eigenvalue weighted by Gasteiger charge is -2.16. The van der Waals surface area contributed by atoms with E-state index in [1.807, 2.05) is 24.3 Å². The molecule has 1 amide bonds. The minimum Gasteiger partial charge on any atom is -0.384 e. The summed E-state index contributed by atoms with van der Waals surface area (Å²) in [6.45, 7) is 0.700. The van der Waals surface area contributed by atoms with Crippen molar-refractivity contribution in [1.82, 2.24) is 5.32 Å². The van der Waals surface area contributed by atoms with Crippen LogP contribution >= 0.6 is 0 Å². The summed E-state index contributed by atoms with van der Waals surface area (Å²) in [6, 6.07) is 8.31. The van der Waals surface area contributed by atoms with Gasteiger partial charge in [-0.25, -0.2) is 0 Å². The highest BCUT2D eigenvalue weighted by Crippen LogP contribution is 2.31. The van der Waals surface area contributed by atoms with E-state index >= 15 is 0 Å². The average Bonchev–Trinajstić information content (AvgIpc) is 3.04. The van der Waals surface area contributed by atoms with Gasteiger partial charge in [0.25, 0.3) is 0 Å². The van der Waals surface area contributed by atoms with E-state index in [0.29, 0.717) is 12.6 Å². The quantitative estimate of drug-likeness (QED) is 0.872. The molecule has 3 unspecified atom stereocenters. The summed E-state index contributed by atoms with van der Waals surface area (Å²) < 4.78 is 5.34. The highest BCUT2D eigenvalue weighted by molar-refractivity contribution is 5.88. The number of carbonyl (C=O) groups is 1. The molecule has 2 N–H and O–H groups in total. The fourth-order valence-corrected chi connectivity index (χ4v) is 3.10. The number of para-hydroxylation sites is 1. The van der Waals surface area contributed by atoms with Crippen LogP contribution in [0.4, 0.5) is 5.69 Å². The molecule has 0 aromatic heterocycles. The Balaban J connectivity index is 1.63. The molecule has 1 aromatic carbocycles. The van der Waals surface area contributed by atoms with Gasteiger partial charge in [0.05, 0.1) is 12.0 Å². The molecule has 1 aromatic rings. The first-order chi connectivity index (χ1) is 9.28. The van der Waals surface area contributed by atoms with Gasteiger partial charge in [-0.15, -0.1) is 0 Å². The number of ether oxygens (including phenoxy) is 1. The lowest BCUT2D eigenvalue weighted by atomic mass is 10.00. The fraction of sp³-hybridized carbons (Fsp3) is 0.533. The monoisotopic (exact) mass is 260 g/mol. The lowest BCUT2D eigenvalue weighted by molar-refractivity contribution is -0.122. The van der Waals surface area contributed by atoms with E-state index < -0.39 is 0 Å². The van der Waals surface area contributed by atoms with Crippen LogP contribution in [0, 0.1) is 0 Å². The van der Waals surface area contributed by atoms with Gasteiger partial charge in [0.15, 0.2) is 0 Å². The van der Waals surface area contributed by atoms with Gasteiger partial charge in [0, 0.05) is 25.4 Å². The maximum Gasteiger partial charge on any atom is 0.229 e. The third kappa shape index (κ3) is 2.45. The van der Waals surface area contributed by atoms with Crippen LogP contribution in [-0.4, -0.2) is 31.7 Å². The lowest BCUT2D eigenvalue weighted by Crippen LogP contribution is -2.37. The molecule has 0 saturated heterocycles. The SMILES string of the molecule is COC1CCC(NC(=O)C2CNc3ccccc32)C1. The standard InChI is InChI=1S/C15H20N2O2/c1-19-11-7-6-10(8-11)17-15(18)13-9-16-14-5-3-2-4-12(13)14/h2-5,10-11,13,16H,6-9H2,1H3,(H,17,18). The summed E-state index contributed by atoms with van der Waals surface area (Å²) in [5.41, 5.74) is 2.20. The van der Waals surface area contributed by atoms with Crippen LogP contribution in [0.3, 0.4) is 0 Å². The minimum absolute atomic E-state index is 0.0576. The molecule has 1 heterocycles. The Labute approximate surface area is 113 Å². The summed E-state index contributed by atoms with van der Waals surface area (Å²) in [5.74, 6) is 0.0806. The molecule has 4 heteroatoms. The maximum atomic E-state index is 12.4. The first-order valence-corrected chi connectivity index (χ1v) is 6.94. The maximum absolute atomic E-state index is 12.4. The molecule has 0 bridgehead atoms. The van der Waals surface area contributed by atoms with Gasteiger partial charge < -0.3 is 15.4 Å². The number of amides is 1. The largest absolute Gasteiger partial charge is 0.384 e. The van der Waals surface area contributed by atoms with Crippen molar-refractivity contribution in [2.24, 2.45) is 0 Å². The molecule has 1 saturated carbocycles. The molecular formula is C15H20N2O2. The van der Waals surface area contributed by atoms with Crippen LogP contribution in [0.5, 0.6) is 0 Å². The predicted molar refractivity (Wildman–Crippen MR) is 74.3 cm³/mol. The molecule has 1 fully saturated rings. The Morgan fingerprint density at radius 1 is 1.37 bits per heavy atom. The molecule has 3 atom stereocenters. The van der Waals surface area contributed by atoms with Crippen molar-refractivity contribution >= 4 is 11.6 Å². The highest BCUT2D eigenvalue weighted by Gasteiger charge is 2.31. The van der Waals surface area contributed by atoms with Crippen molar-refractivity contribution in [2.75, 3.05) is 19.0 Å². The van der Waals surface area contributed by atoms with Gasteiger partial charge in [-0.05, 0) is 30.9 Å². The Morgan fingerprint density at radius 3 is 3.00 bits per heavy atom. The Bertz CT molecular complexity index is 475. The zero-order valence-corrected chi connectivity index (χ0v) is 11.2. The second-order valence-electron chi connectivity index (χ2n) is 5.40. The van der Waals surface area contributed by atoms with Crippen molar-refractivity contribution in [3.63, 3.8) is 0 Å². The number of hydrogen-bond donors (Lipinski definition) is 2. The molecule has 2 aliphatic rings. The van der Waals surface area contributed by atoms with Gasteiger partial charge in [0.2, 0.25) is 5.91 Å². The van der Waals surface area contributed by atoms with Crippen LogP contribution in [-0.2, 0) is 9.53 Å². The Hall–Kier alpha value is -1.55. The first-order valence-electron chi connectivity index (χ1n) is 6.94. The number of anilines is 1. The Kier molecular flexibility index (Phi) is 3.42. The molecular weight excluding hydrogens is 240 g/mol. The third-order valence-corrected chi connectivity index (χ3v) is 4.21. The van der Waals surface area contributed by atoms with Crippen molar-refractivity contribution in [2.45, 2.75) is 37.3 Å². The summed E-state index contributed by atoms with van der Waals surface area (Å²) in [6.07, 6.45) is 3.30. The molecule has 0 radical (unpaired) electrons. The van der Waals surface area contributed by atoms with Crippen molar-refractivity contribution < 1.29 is 9.53 Å². The normalized spacial score (nSPS) is 28.8. The fourth-order valence-electron chi connectivity index (χ4n) is 3.10. The molecule has 19 heavy (non-hydrogen) atoms. The summed E-state index contributed by atoms with van der Waals surface area (Å²) in [4.78, 5) is 12.4. The van der Waals surface area contributed by atoms with Crippen LogP contribution < -0.4 is 10.6 Å². The molecule has 4 nitrogen and oxygen atoms in total. The van der Waals surface area contributed by atoms with E-state index in [1.165, 1.54) is 0 Å². The first kappa shape index (κ1) is 12.5. The van der Waals surface area contributed by atoms with E-state index in [4.69, 9.17) is 4.74 Å². The van der Waals surface area contributed by atoms with Crippen molar-refractivity contribution in [3.8, 4) is 0 Å². The van der Waals surface area contributed by atoms with Crippen LogP contribution in [0.25, 0.3) is 0 Å². The smallest absolute Gasteiger partial charge is 0.229 e. The second kappa shape index (κ2) is 5.21. The number of fused-ring (bicyclic) bond motifs is 1. The van der Waals surface area contributed by atoms with Gasteiger partial charge in [0.1, 0.15) is 0 Å². The molecule has 0 spiro atoms. The van der Waals surface area contributed by atoms with Gasteiger partial charge in [-0.2, -0.15) is 0 Å². The van der Waals surface area contributed by atoms with E-state index in [1.54, 1.807) is 7.11 Å². The predicted octanol–water partition coefficient (Wildman–Crippen LogP) is 1.88. The number of carbonyl (C=O) groups excluding carboxylic acids is 1. The molecule has 102 valence electrons. The van der Waals surface area contributed by atoms with E-state index in [-0.39, 0.29) is 17.9 Å². The molecule has 1 aliphatic carbocycles. The van der Waals surface area contributed by atoms with Gasteiger partial charge in [-0.3, -0.25) is 4.79 Å². The summed E-state index contributed by atoms with van der Waals surface area (Å²) >= 11 is 0. The van der Waals surface area contributed by atoms with Crippen molar-refractivity contribution in [3.05, 3.63) is 29.8 Å². The number of rotatable bonds is 3. The van der Waals surface area contributed by atoms with E-state index in [0.717, 1.165) is 30.5 Å². The second-order valence-corrected chi connectivity index (χ2v) is 5.40. The third-order valence-electron chi connectivity index (χ3n) is 4.21. The van der Waals surface area contributed by atoms with Gasteiger partial charge >= 0.3 is 0 Å². The minimum atomic E-state index is -0.0576. The highest BCUT2D eigenvalue weighted by atomic mass is 16.5. The van der Waals surface area contributed by atoms with Gasteiger partial charge in [-0.1, -0.05) is 18.2 Å². The number of methoxy groups -OCH3 is 1. The summed E-state index contributed by atoms with van der Waals surface area (Å²) in [7, 11) is 1.74. The molecule has 1 aliphatic heterocycles. The zero-order chi connectivity index (χ0) is 13.2. The zero-order valence-electron chi connectivity index (χ0n) is 11.2. The van der Waals surface area contributed by atoms with Crippen LogP contribution in [0.1, 0.15) is 30.7 Å². The molecule has 3 rings (SSSR count). The van der Waals surface area contributed by atoms with Crippen LogP contribution in [0.15, 0.2) is 24.3 Å². The van der Waals surface area contributed by atoms with Crippen LogP contribution in [0.2, 0.25) is 0 Å². The topological polar surface area (TPSA) is 50.4 Å². The summed E-state index contributed by atoms with van der Waals surface area (Å²) in [5, 5.41) is 6.46. The number of benzene rings is 1.